The molecule has 8 heteroatoms. The second-order valence-electron chi connectivity index (χ2n) is 6.67. The van der Waals surface area contributed by atoms with Crippen molar-refractivity contribution in [2.75, 3.05) is 13.2 Å². The Balaban J connectivity index is 1.58. The number of carbonyl (C=O) groups excluding carboxylic acids is 3. The van der Waals surface area contributed by atoms with Crippen LogP contribution in [-0.4, -0.2) is 47.7 Å². The van der Waals surface area contributed by atoms with Crippen LogP contribution >= 0.6 is 0 Å². The van der Waals surface area contributed by atoms with E-state index in [1.54, 1.807) is 38.1 Å². The second kappa shape index (κ2) is 7.33. The Kier molecular flexibility index (Phi) is 5.13. The number of ether oxygens (including phenoxy) is 2. The third kappa shape index (κ3) is 3.65. The first-order valence-corrected chi connectivity index (χ1v) is 8.75. The van der Waals surface area contributed by atoms with Gasteiger partial charge in [0.25, 0.3) is 11.8 Å². The van der Waals surface area contributed by atoms with Gasteiger partial charge >= 0.3 is 6.03 Å². The Hall–Kier alpha value is -2.61. The highest BCUT2D eigenvalue weighted by Crippen LogP contribution is 2.20. The molecule has 0 saturated carbocycles. The molecular weight excluding hydrogens is 338 g/mol. The van der Waals surface area contributed by atoms with E-state index in [-0.39, 0.29) is 6.10 Å². The quantitative estimate of drug-likeness (QED) is 0.751. The number of hydrazine groups is 1. The summed E-state index contributed by atoms with van der Waals surface area (Å²) >= 11 is 0. The van der Waals surface area contributed by atoms with Gasteiger partial charge in [-0.1, -0.05) is 6.92 Å². The lowest BCUT2D eigenvalue weighted by molar-refractivity contribution is -0.132. The summed E-state index contributed by atoms with van der Waals surface area (Å²) in [6.07, 6.45) is 2.59. The van der Waals surface area contributed by atoms with Crippen LogP contribution in [0, 0.1) is 0 Å². The highest BCUT2D eigenvalue weighted by Gasteiger charge is 2.47. The molecule has 2 heterocycles. The molecule has 2 unspecified atom stereocenters. The lowest BCUT2D eigenvalue weighted by Gasteiger charge is -2.19. The molecule has 0 spiro atoms. The fourth-order valence-corrected chi connectivity index (χ4v) is 2.86. The Labute approximate surface area is 151 Å². The highest BCUT2D eigenvalue weighted by atomic mass is 16.5. The third-order valence-corrected chi connectivity index (χ3v) is 4.76. The van der Waals surface area contributed by atoms with Gasteiger partial charge in [0.15, 0.2) is 0 Å². The molecule has 0 bridgehead atoms. The highest BCUT2D eigenvalue weighted by molar-refractivity contribution is 6.09. The molecule has 2 fully saturated rings. The SMILES string of the molecule is CCC1(C)NC(=O)N(NC(=O)c2ccc(OCC3CCCO3)cc2)C1=O. The predicted molar refractivity (Wildman–Crippen MR) is 92.5 cm³/mol. The summed E-state index contributed by atoms with van der Waals surface area (Å²) in [5, 5.41) is 3.31. The van der Waals surface area contributed by atoms with Gasteiger partial charge < -0.3 is 14.8 Å². The summed E-state index contributed by atoms with van der Waals surface area (Å²) in [6.45, 7) is 4.66. The molecule has 0 aromatic heterocycles. The summed E-state index contributed by atoms with van der Waals surface area (Å²) in [6, 6.07) is 5.87. The van der Waals surface area contributed by atoms with Crippen molar-refractivity contribution in [2.45, 2.75) is 44.8 Å². The lowest BCUT2D eigenvalue weighted by Crippen LogP contribution is -2.48. The maximum absolute atomic E-state index is 12.3. The van der Waals surface area contributed by atoms with Gasteiger partial charge in [0.2, 0.25) is 0 Å². The normalized spacial score (nSPS) is 25.3. The van der Waals surface area contributed by atoms with Crippen molar-refractivity contribution in [3.8, 4) is 5.75 Å². The van der Waals surface area contributed by atoms with Crippen LogP contribution in [0.15, 0.2) is 24.3 Å². The number of rotatable bonds is 6. The molecule has 26 heavy (non-hydrogen) atoms. The molecular formula is C18H23N3O5. The molecule has 2 saturated heterocycles. The fraction of sp³-hybridized carbons (Fsp3) is 0.500. The Morgan fingerprint density at radius 2 is 2.12 bits per heavy atom. The zero-order chi connectivity index (χ0) is 18.7. The first-order chi connectivity index (χ1) is 12.4. The van der Waals surface area contributed by atoms with Gasteiger partial charge in [0.1, 0.15) is 17.9 Å². The minimum Gasteiger partial charge on any atom is -0.491 e. The average Bonchev–Trinajstić information content (AvgIpc) is 3.23. The second-order valence-corrected chi connectivity index (χ2v) is 6.67. The zero-order valence-corrected chi connectivity index (χ0v) is 14.9. The molecule has 0 radical (unpaired) electrons. The summed E-state index contributed by atoms with van der Waals surface area (Å²) in [5.41, 5.74) is 1.68. The number of amides is 4. The Bertz CT molecular complexity index is 699. The van der Waals surface area contributed by atoms with E-state index < -0.39 is 23.4 Å². The number of imide groups is 1. The van der Waals surface area contributed by atoms with Crippen LogP contribution in [0.3, 0.4) is 0 Å². The van der Waals surface area contributed by atoms with E-state index in [4.69, 9.17) is 9.47 Å². The van der Waals surface area contributed by atoms with Gasteiger partial charge in [-0.25, -0.2) is 4.79 Å². The topological polar surface area (TPSA) is 97.0 Å². The molecule has 0 aliphatic carbocycles. The van der Waals surface area contributed by atoms with Crippen molar-refractivity contribution >= 4 is 17.8 Å². The monoisotopic (exact) mass is 361 g/mol. The number of hydrogen-bond acceptors (Lipinski definition) is 5. The number of benzene rings is 1. The maximum atomic E-state index is 12.3. The summed E-state index contributed by atoms with van der Waals surface area (Å²) in [5.74, 6) is -0.389. The maximum Gasteiger partial charge on any atom is 0.344 e. The van der Waals surface area contributed by atoms with E-state index in [1.807, 2.05) is 0 Å². The molecule has 4 amide bonds. The molecule has 140 valence electrons. The fourth-order valence-electron chi connectivity index (χ4n) is 2.86. The molecule has 2 aliphatic heterocycles. The van der Waals surface area contributed by atoms with Crippen molar-refractivity contribution < 1.29 is 23.9 Å². The van der Waals surface area contributed by atoms with Gasteiger partial charge in [-0.15, -0.1) is 0 Å². The van der Waals surface area contributed by atoms with Crippen molar-refractivity contribution in [2.24, 2.45) is 0 Å². The van der Waals surface area contributed by atoms with Crippen LogP contribution in [0.1, 0.15) is 43.5 Å². The summed E-state index contributed by atoms with van der Waals surface area (Å²) in [7, 11) is 0. The van der Waals surface area contributed by atoms with Crippen molar-refractivity contribution in [1.82, 2.24) is 15.8 Å². The van der Waals surface area contributed by atoms with Crippen LogP contribution in [0.4, 0.5) is 4.79 Å². The minimum absolute atomic E-state index is 0.116. The largest absolute Gasteiger partial charge is 0.491 e. The summed E-state index contributed by atoms with van der Waals surface area (Å²) < 4.78 is 11.1. The average molecular weight is 361 g/mol. The number of nitrogens with zero attached hydrogens (tertiary/aromatic N) is 1. The Morgan fingerprint density at radius 1 is 1.38 bits per heavy atom. The van der Waals surface area contributed by atoms with E-state index in [0.717, 1.165) is 24.5 Å². The number of nitrogens with one attached hydrogen (secondary N) is 2. The molecule has 2 N–H and O–H groups in total. The number of hydrogen-bond donors (Lipinski definition) is 2. The van der Waals surface area contributed by atoms with Crippen LogP contribution in [0.25, 0.3) is 0 Å². The predicted octanol–water partition coefficient (Wildman–Crippen LogP) is 1.61. The van der Waals surface area contributed by atoms with Gasteiger partial charge in [0.05, 0.1) is 6.10 Å². The number of carbonyl (C=O) groups is 3. The van der Waals surface area contributed by atoms with E-state index in [2.05, 4.69) is 10.7 Å². The first kappa shape index (κ1) is 18.2. The summed E-state index contributed by atoms with van der Waals surface area (Å²) in [4.78, 5) is 36.6. The lowest BCUT2D eigenvalue weighted by atomic mass is 10.00. The van der Waals surface area contributed by atoms with Gasteiger partial charge in [0, 0.05) is 12.2 Å². The van der Waals surface area contributed by atoms with Crippen LogP contribution in [-0.2, 0) is 9.53 Å². The van der Waals surface area contributed by atoms with Gasteiger partial charge in [-0.3, -0.25) is 15.0 Å². The standard InChI is InChI=1S/C18H23N3O5/c1-3-18(2)16(23)21(17(24)19-18)20-15(22)12-6-8-13(9-7-12)26-11-14-5-4-10-25-14/h6-9,14H,3-5,10-11H2,1-2H3,(H,19,24)(H,20,22). The Morgan fingerprint density at radius 3 is 2.69 bits per heavy atom. The van der Waals surface area contributed by atoms with Crippen LogP contribution < -0.4 is 15.5 Å². The van der Waals surface area contributed by atoms with E-state index >= 15 is 0 Å². The van der Waals surface area contributed by atoms with Crippen LogP contribution in [0.2, 0.25) is 0 Å². The number of urea groups is 1. The van der Waals surface area contributed by atoms with Crippen molar-refractivity contribution in [3.05, 3.63) is 29.8 Å². The molecule has 1 aromatic carbocycles. The van der Waals surface area contributed by atoms with Crippen LogP contribution in [0.5, 0.6) is 5.75 Å². The van der Waals surface area contributed by atoms with Gasteiger partial charge in [-0.2, -0.15) is 5.01 Å². The first-order valence-electron chi connectivity index (χ1n) is 8.75. The van der Waals surface area contributed by atoms with E-state index in [1.165, 1.54) is 0 Å². The van der Waals surface area contributed by atoms with E-state index in [0.29, 0.717) is 24.3 Å². The molecule has 8 nitrogen and oxygen atoms in total. The molecule has 2 atom stereocenters. The molecule has 3 rings (SSSR count). The third-order valence-electron chi connectivity index (χ3n) is 4.76. The van der Waals surface area contributed by atoms with E-state index in [9.17, 15) is 14.4 Å². The van der Waals surface area contributed by atoms with Crippen molar-refractivity contribution in [1.29, 1.82) is 0 Å². The van der Waals surface area contributed by atoms with Crippen molar-refractivity contribution in [3.63, 3.8) is 0 Å². The molecule has 1 aromatic rings. The molecule has 2 aliphatic rings. The smallest absolute Gasteiger partial charge is 0.344 e. The minimum atomic E-state index is -0.996. The van der Waals surface area contributed by atoms with Gasteiger partial charge in [-0.05, 0) is 50.5 Å². The zero-order valence-electron chi connectivity index (χ0n) is 14.9.